The van der Waals surface area contributed by atoms with Crippen LogP contribution in [-0.4, -0.2) is 35.3 Å². The normalized spacial score (nSPS) is 10.7. The van der Waals surface area contributed by atoms with E-state index in [1.165, 1.54) is 19.2 Å². The van der Waals surface area contributed by atoms with Gasteiger partial charge in [0, 0.05) is 11.9 Å². The van der Waals surface area contributed by atoms with E-state index in [4.69, 9.17) is 9.47 Å². The molecule has 0 bridgehead atoms. The first kappa shape index (κ1) is 17.5. The van der Waals surface area contributed by atoms with Crippen molar-refractivity contribution in [3.63, 3.8) is 0 Å². The molecule has 0 unspecified atom stereocenters. The predicted octanol–water partition coefficient (Wildman–Crippen LogP) is 3.36. The lowest BCUT2D eigenvalue weighted by atomic mass is 10.1. The highest BCUT2D eigenvalue weighted by molar-refractivity contribution is 6.07. The average Bonchev–Trinajstić information content (AvgIpc) is 2.99. The zero-order valence-corrected chi connectivity index (χ0v) is 14.6. The Balaban J connectivity index is 2.26. The van der Waals surface area contributed by atoms with Crippen molar-refractivity contribution in [1.82, 2.24) is 4.57 Å². The summed E-state index contributed by atoms with van der Waals surface area (Å²) in [6.45, 7) is 2.28. The van der Waals surface area contributed by atoms with Gasteiger partial charge in [0.05, 0.1) is 24.8 Å². The zero-order chi connectivity index (χ0) is 18.7. The molecule has 0 spiro atoms. The van der Waals surface area contributed by atoms with Crippen molar-refractivity contribution in [2.45, 2.75) is 13.5 Å². The van der Waals surface area contributed by atoms with Gasteiger partial charge in [0.25, 0.3) is 0 Å². The molecule has 1 aromatic heterocycles. The van der Waals surface area contributed by atoms with Gasteiger partial charge in [0.2, 0.25) is 0 Å². The minimum absolute atomic E-state index is 0.0752. The number of esters is 2. The maximum absolute atomic E-state index is 12.4. The first-order valence-electron chi connectivity index (χ1n) is 8.20. The van der Waals surface area contributed by atoms with E-state index in [2.05, 4.69) is 0 Å². The summed E-state index contributed by atoms with van der Waals surface area (Å²) < 4.78 is 11.7. The number of aromatic nitrogens is 1. The van der Waals surface area contributed by atoms with Crippen molar-refractivity contribution >= 4 is 22.8 Å². The van der Waals surface area contributed by atoms with E-state index in [0.717, 1.165) is 5.56 Å². The van der Waals surface area contributed by atoms with E-state index in [0.29, 0.717) is 23.1 Å². The Morgan fingerprint density at radius 3 is 2.46 bits per heavy atom. The Morgan fingerprint density at radius 1 is 1.08 bits per heavy atom. The molecular formula is C20H19NO5. The number of phenols is 1. The SMILES string of the molecule is CCOC(=O)c1cc(O)cc2cc(C(=O)OC)n(Cc3ccccc3)c12. The van der Waals surface area contributed by atoms with E-state index >= 15 is 0 Å². The van der Waals surface area contributed by atoms with Crippen molar-refractivity contribution in [2.75, 3.05) is 13.7 Å². The fourth-order valence-corrected chi connectivity index (χ4v) is 2.97. The second kappa shape index (κ2) is 7.31. The largest absolute Gasteiger partial charge is 0.508 e. The van der Waals surface area contributed by atoms with E-state index in [1.807, 2.05) is 30.3 Å². The van der Waals surface area contributed by atoms with E-state index in [-0.39, 0.29) is 17.9 Å². The number of phenolic OH excluding ortho intramolecular Hbond substituents is 1. The lowest BCUT2D eigenvalue weighted by Gasteiger charge is -2.12. The third-order valence-electron chi connectivity index (χ3n) is 4.05. The Labute approximate surface area is 150 Å². The second-order valence-corrected chi connectivity index (χ2v) is 5.74. The summed E-state index contributed by atoms with van der Waals surface area (Å²) in [7, 11) is 1.30. The van der Waals surface area contributed by atoms with Gasteiger partial charge in [-0.3, -0.25) is 0 Å². The summed E-state index contributed by atoms with van der Waals surface area (Å²) >= 11 is 0. The van der Waals surface area contributed by atoms with E-state index < -0.39 is 11.9 Å². The number of carbonyl (C=O) groups excluding carboxylic acids is 2. The summed E-state index contributed by atoms with van der Waals surface area (Å²) in [5.74, 6) is -1.16. The van der Waals surface area contributed by atoms with E-state index in [9.17, 15) is 14.7 Å². The molecule has 0 aliphatic rings. The van der Waals surface area contributed by atoms with Crippen LogP contribution >= 0.6 is 0 Å². The molecule has 26 heavy (non-hydrogen) atoms. The van der Waals surface area contributed by atoms with Crippen LogP contribution in [0.1, 0.15) is 33.3 Å². The highest BCUT2D eigenvalue weighted by Gasteiger charge is 2.22. The van der Waals surface area contributed by atoms with Gasteiger partial charge in [-0.2, -0.15) is 0 Å². The molecule has 0 fully saturated rings. The molecule has 0 radical (unpaired) electrons. The van der Waals surface area contributed by atoms with Gasteiger partial charge >= 0.3 is 11.9 Å². The quantitative estimate of drug-likeness (QED) is 0.712. The van der Waals surface area contributed by atoms with Crippen LogP contribution < -0.4 is 0 Å². The molecule has 0 atom stereocenters. The molecule has 0 saturated heterocycles. The summed E-state index contributed by atoms with van der Waals surface area (Å²) in [5, 5.41) is 10.5. The maximum Gasteiger partial charge on any atom is 0.354 e. The van der Waals surface area contributed by atoms with Crippen LogP contribution in [0.15, 0.2) is 48.5 Å². The third kappa shape index (κ3) is 3.26. The maximum atomic E-state index is 12.4. The van der Waals surface area contributed by atoms with Gasteiger partial charge in [-0.05, 0) is 30.7 Å². The predicted molar refractivity (Wildman–Crippen MR) is 96.4 cm³/mol. The lowest BCUT2D eigenvalue weighted by Crippen LogP contribution is -2.13. The number of methoxy groups -OCH3 is 1. The fourth-order valence-electron chi connectivity index (χ4n) is 2.97. The first-order valence-corrected chi connectivity index (χ1v) is 8.20. The number of benzene rings is 2. The number of hydrogen-bond donors (Lipinski definition) is 1. The zero-order valence-electron chi connectivity index (χ0n) is 14.6. The Kier molecular flexibility index (Phi) is 4.93. The molecule has 0 amide bonds. The van der Waals surface area contributed by atoms with Crippen molar-refractivity contribution in [2.24, 2.45) is 0 Å². The molecule has 1 heterocycles. The van der Waals surface area contributed by atoms with Crippen LogP contribution in [0.3, 0.4) is 0 Å². The molecule has 1 N–H and O–H groups in total. The Bertz CT molecular complexity index is 959. The molecule has 0 aliphatic heterocycles. The molecule has 134 valence electrons. The minimum atomic E-state index is -0.558. The summed E-state index contributed by atoms with van der Waals surface area (Å²) in [4.78, 5) is 24.7. The van der Waals surface area contributed by atoms with Crippen molar-refractivity contribution in [3.05, 3.63) is 65.4 Å². The number of ether oxygens (including phenoxy) is 2. The van der Waals surface area contributed by atoms with Gasteiger partial charge < -0.3 is 19.1 Å². The molecular weight excluding hydrogens is 334 g/mol. The first-order chi connectivity index (χ1) is 12.5. The molecule has 3 rings (SSSR count). The fraction of sp³-hybridized carbons (Fsp3) is 0.200. The summed E-state index contributed by atoms with van der Waals surface area (Å²) in [6.07, 6.45) is 0. The van der Waals surface area contributed by atoms with E-state index in [1.54, 1.807) is 17.6 Å². The molecule has 6 heteroatoms. The third-order valence-corrected chi connectivity index (χ3v) is 4.05. The van der Waals surface area contributed by atoms with Crippen LogP contribution in [-0.2, 0) is 16.0 Å². The molecule has 2 aromatic carbocycles. The molecule has 6 nitrogen and oxygen atoms in total. The standard InChI is InChI=1S/C20H19NO5/c1-3-26-19(23)16-11-15(22)9-14-10-17(20(24)25-2)21(18(14)16)12-13-7-5-4-6-8-13/h4-11,22H,3,12H2,1-2H3. The average molecular weight is 353 g/mol. The Morgan fingerprint density at radius 2 is 1.81 bits per heavy atom. The number of hydrogen-bond acceptors (Lipinski definition) is 5. The number of rotatable bonds is 5. The number of fused-ring (bicyclic) bond motifs is 1. The monoisotopic (exact) mass is 353 g/mol. The van der Waals surface area contributed by atoms with Crippen LogP contribution in [0.25, 0.3) is 10.9 Å². The van der Waals surface area contributed by atoms with Crippen molar-refractivity contribution < 1.29 is 24.2 Å². The van der Waals surface area contributed by atoms with Gasteiger partial charge in [-0.15, -0.1) is 0 Å². The van der Waals surface area contributed by atoms with Crippen molar-refractivity contribution in [1.29, 1.82) is 0 Å². The summed E-state index contributed by atoms with van der Waals surface area (Å²) in [5.41, 5.74) is 1.97. The van der Waals surface area contributed by atoms with Crippen LogP contribution in [0.2, 0.25) is 0 Å². The van der Waals surface area contributed by atoms with Gasteiger partial charge in [-0.25, -0.2) is 9.59 Å². The smallest absolute Gasteiger partial charge is 0.354 e. The second-order valence-electron chi connectivity index (χ2n) is 5.74. The Hall–Kier alpha value is -3.28. The number of carbonyl (C=O) groups is 2. The number of nitrogens with zero attached hydrogens (tertiary/aromatic N) is 1. The number of aromatic hydroxyl groups is 1. The minimum Gasteiger partial charge on any atom is -0.508 e. The molecule has 0 saturated carbocycles. The van der Waals surface area contributed by atoms with Gasteiger partial charge in [0.1, 0.15) is 11.4 Å². The van der Waals surface area contributed by atoms with Crippen molar-refractivity contribution in [3.8, 4) is 5.75 Å². The highest BCUT2D eigenvalue weighted by Crippen LogP contribution is 2.30. The van der Waals surface area contributed by atoms with Gasteiger partial charge in [0.15, 0.2) is 0 Å². The topological polar surface area (TPSA) is 77.8 Å². The van der Waals surface area contributed by atoms with Crippen LogP contribution in [0, 0.1) is 0 Å². The highest BCUT2D eigenvalue weighted by atomic mass is 16.5. The summed E-state index contributed by atoms with van der Waals surface area (Å²) in [6, 6.07) is 14.0. The van der Waals surface area contributed by atoms with Crippen LogP contribution in [0.4, 0.5) is 0 Å². The molecule has 3 aromatic rings. The molecule has 0 aliphatic carbocycles. The van der Waals surface area contributed by atoms with Crippen LogP contribution in [0.5, 0.6) is 5.75 Å². The lowest BCUT2D eigenvalue weighted by molar-refractivity contribution is 0.0525. The van der Waals surface area contributed by atoms with Gasteiger partial charge in [-0.1, -0.05) is 30.3 Å².